The quantitative estimate of drug-likeness (QED) is 0.301. The van der Waals surface area contributed by atoms with Gasteiger partial charge in [-0.1, -0.05) is 0 Å². The van der Waals surface area contributed by atoms with E-state index < -0.39 is 5.82 Å². The molecule has 0 unspecified atom stereocenters. The first kappa shape index (κ1) is 30.2. The zero-order chi connectivity index (χ0) is 30.0. The monoisotopic (exact) mass is 626 g/mol. The van der Waals surface area contributed by atoms with Gasteiger partial charge in [-0.2, -0.15) is 15.5 Å². The summed E-state index contributed by atoms with van der Waals surface area (Å²) in [6.07, 6.45) is 12.7. The Morgan fingerprint density at radius 1 is 0.933 bits per heavy atom. The van der Waals surface area contributed by atoms with E-state index >= 15 is 0 Å². The van der Waals surface area contributed by atoms with E-state index in [0.29, 0.717) is 43.5 Å². The summed E-state index contributed by atoms with van der Waals surface area (Å²) in [7, 11) is 0. The molecule has 45 heavy (non-hydrogen) atoms. The van der Waals surface area contributed by atoms with Gasteiger partial charge in [0.1, 0.15) is 17.7 Å². The Hall–Kier alpha value is -4.86. The zero-order valence-corrected chi connectivity index (χ0v) is 25.3. The van der Waals surface area contributed by atoms with Crippen molar-refractivity contribution in [1.82, 2.24) is 39.6 Å². The maximum absolute atomic E-state index is 13.1. The van der Waals surface area contributed by atoms with Crippen molar-refractivity contribution in [3.63, 3.8) is 0 Å². The van der Waals surface area contributed by atoms with E-state index in [0.717, 1.165) is 65.7 Å². The SMILES string of the molecule is Cl.N#Cc1cnn2cc(-c3cnn(C4CCNCC4)c3)cc(-c3ccc(N4CCN(C(=O)Cc5ccc(F)cn5)CC4)nc3)c12. The van der Waals surface area contributed by atoms with Gasteiger partial charge in [0.2, 0.25) is 5.91 Å². The molecule has 2 aliphatic rings. The fraction of sp³-hybridized carbons (Fsp3) is 0.312. The summed E-state index contributed by atoms with van der Waals surface area (Å²) < 4.78 is 17.0. The highest BCUT2D eigenvalue weighted by Crippen LogP contribution is 2.33. The molecule has 5 aromatic rings. The van der Waals surface area contributed by atoms with Crippen molar-refractivity contribution in [2.24, 2.45) is 0 Å². The molecule has 0 saturated carbocycles. The van der Waals surface area contributed by atoms with E-state index in [1.807, 2.05) is 35.6 Å². The van der Waals surface area contributed by atoms with Gasteiger partial charge in [0.15, 0.2) is 0 Å². The topological polar surface area (TPSA) is 120 Å². The molecule has 1 amide bonds. The lowest BCUT2D eigenvalue weighted by atomic mass is 10.0. The maximum Gasteiger partial charge on any atom is 0.228 e. The summed E-state index contributed by atoms with van der Waals surface area (Å²) in [6, 6.07) is 11.6. The fourth-order valence-electron chi connectivity index (χ4n) is 6.03. The van der Waals surface area contributed by atoms with Crippen LogP contribution in [0.1, 0.15) is 30.1 Å². The first-order chi connectivity index (χ1) is 21.6. The molecule has 5 aromatic heterocycles. The summed E-state index contributed by atoms with van der Waals surface area (Å²) in [5.74, 6) is 0.387. The maximum atomic E-state index is 13.1. The van der Waals surface area contributed by atoms with Gasteiger partial charge >= 0.3 is 0 Å². The summed E-state index contributed by atoms with van der Waals surface area (Å²) in [4.78, 5) is 25.5. The number of carbonyl (C=O) groups is 1. The molecule has 0 spiro atoms. The van der Waals surface area contributed by atoms with Crippen LogP contribution in [0.3, 0.4) is 0 Å². The van der Waals surface area contributed by atoms with Crippen LogP contribution in [0.2, 0.25) is 0 Å². The molecule has 0 radical (unpaired) electrons. The Kier molecular flexibility index (Phi) is 8.73. The van der Waals surface area contributed by atoms with Crippen LogP contribution < -0.4 is 10.2 Å². The normalized spacial score (nSPS) is 15.6. The van der Waals surface area contributed by atoms with Crippen LogP contribution in [0.5, 0.6) is 0 Å². The van der Waals surface area contributed by atoms with Gasteiger partial charge < -0.3 is 15.1 Å². The van der Waals surface area contributed by atoms with E-state index in [1.165, 1.54) is 6.07 Å². The lowest BCUT2D eigenvalue weighted by Crippen LogP contribution is -2.49. The molecule has 0 bridgehead atoms. The van der Waals surface area contributed by atoms with Gasteiger partial charge in [0.25, 0.3) is 0 Å². The highest BCUT2D eigenvalue weighted by molar-refractivity contribution is 5.87. The van der Waals surface area contributed by atoms with E-state index in [4.69, 9.17) is 4.98 Å². The van der Waals surface area contributed by atoms with Gasteiger partial charge in [-0.15, -0.1) is 12.4 Å². The van der Waals surface area contributed by atoms with Gasteiger partial charge in [0, 0.05) is 72.7 Å². The van der Waals surface area contributed by atoms with Crippen molar-refractivity contribution < 1.29 is 9.18 Å². The smallest absolute Gasteiger partial charge is 0.228 e. The van der Waals surface area contributed by atoms with Crippen LogP contribution >= 0.6 is 12.4 Å². The number of rotatable bonds is 6. The first-order valence-corrected chi connectivity index (χ1v) is 14.8. The van der Waals surface area contributed by atoms with E-state index in [9.17, 15) is 14.4 Å². The number of hydrogen-bond donors (Lipinski definition) is 1. The van der Waals surface area contributed by atoms with Crippen LogP contribution in [-0.2, 0) is 11.2 Å². The predicted molar refractivity (Wildman–Crippen MR) is 169 cm³/mol. The number of nitrogens with zero attached hydrogens (tertiary/aromatic N) is 9. The Labute approximate surface area is 265 Å². The lowest BCUT2D eigenvalue weighted by Gasteiger charge is -2.35. The minimum atomic E-state index is -0.416. The van der Waals surface area contributed by atoms with Crippen LogP contribution in [0.4, 0.5) is 10.2 Å². The molecule has 7 heterocycles. The summed E-state index contributed by atoms with van der Waals surface area (Å²) in [5.41, 5.74) is 5.49. The number of piperazine rings is 1. The first-order valence-electron chi connectivity index (χ1n) is 14.8. The number of amides is 1. The molecule has 1 N–H and O–H groups in total. The predicted octanol–water partition coefficient (Wildman–Crippen LogP) is 3.90. The minimum absolute atomic E-state index is 0. The number of halogens is 2. The van der Waals surface area contributed by atoms with Gasteiger partial charge in [0.05, 0.1) is 42.1 Å². The summed E-state index contributed by atoms with van der Waals surface area (Å²) in [6.45, 7) is 4.42. The van der Waals surface area contributed by atoms with E-state index in [1.54, 1.807) is 16.8 Å². The number of carbonyl (C=O) groups excluding carboxylic acids is 1. The number of nitriles is 1. The second kappa shape index (κ2) is 13.0. The number of pyridine rings is 3. The van der Waals surface area contributed by atoms with Crippen LogP contribution in [0.25, 0.3) is 27.8 Å². The molecular formula is C32H32ClFN10O. The molecule has 230 valence electrons. The Balaban J connectivity index is 0.00000357. The Bertz CT molecular complexity index is 1830. The molecule has 13 heteroatoms. The van der Waals surface area contributed by atoms with Crippen molar-refractivity contribution in [3.8, 4) is 28.3 Å². The number of fused-ring (bicyclic) bond motifs is 1. The number of aromatic nitrogens is 6. The fourth-order valence-corrected chi connectivity index (χ4v) is 6.03. The number of anilines is 1. The third-order valence-electron chi connectivity index (χ3n) is 8.49. The molecule has 2 aliphatic heterocycles. The van der Waals surface area contributed by atoms with Crippen molar-refractivity contribution in [2.45, 2.75) is 25.3 Å². The second-order valence-electron chi connectivity index (χ2n) is 11.2. The molecule has 0 atom stereocenters. The molecular weight excluding hydrogens is 595 g/mol. The third kappa shape index (κ3) is 6.22. The van der Waals surface area contributed by atoms with E-state index in [-0.39, 0.29) is 24.7 Å². The molecule has 0 aliphatic carbocycles. The average molecular weight is 627 g/mol. The summed E-state index contributed by atoms with van der Waals surface area (Å²) in [5, 5.41) is 22.4. The third-order valence-corrected chi connectivity index (χ3v) is 8.49. The molecule has 7 rings (SSSR count). The van der Waals surface area contributed by atoms with Crippen LogP contribution in [0.15, 0.2) is 67.5 Å². The number of nitrogens with one attached hydrogen (secondary N) is 1. The second-order valence-corrected chi connectivity index (χ2v) is 11.2. The lowest BCUT2D eigenvalue weighted by molar-refractivity contribution is -0.130. The highest BCUT2D eigenvalue weighted by atomic mass is 35.5. The standard InChI is InChI=1S/C32H31FN10O.ClH/c33-26-2-3-27(36-19-26)14-31(44)41-11-9-40(10-12-41)30-4-1-22(16-37-30)29-13-23(20-43-32(29)24(15-34)17-39-43)25-18-38-42(21-25)28-5-7-35-8-6-28;/h1-4,13,16-21,28,35H,5-12,14H2;1H. The minimum Gasteiger partial charge on any atom is -0.353 e. The van der Waals surface area contributed by atoms with E-state index in [2.05, 4.69) is 48.4 Å². The Morgan fingerprint density at radius 2 is 1.76 bits per heavy atom. The van der Waals surface area contributed by atoms with Crippen molar-refractivity contribution in [2.75, 3.05) is 44.2 Å². The molecule has 11 nitrogen and oxygen atoms in total. The van der Waals surface area contributed by atoms with Crippen LogP contribution in [0, 0.1) is 17.1 Å². The van der Waals surface area contributed by atoms with Crippen molar-refractivity contribution in [3.05, 3.63) is 84.6 Å². The number of hydrogen-bond acceptors (Lipinski definition) is 8. The largest absolute Gasteiger partial charge is 0.353 e. The molecule has 0 aromatic carbocycles. The van der Waals surface area contributed by atoms with Gasteiger partial charge in [-0.25, -0.2) is 13.9 Å². The number of piperidine rings is 1. The highest BCUT2D eigenvalue weighted by Gasteiger charge is 2.23. The summed E-state index contributed by atoms with van der Waals surface area (Å²) >= 11 is 0. The molecule has 2 saturated heterocycles. The van der Waals surface area contributed by atoms with Gasteiger partial charge in [-0.05, 0) is 56.3 Å². The van der Waals surface area contributed by atoms with Gasteiger partial charge in [-0.3, -0.25) is 14.5 Å². The van der Waals surface area contributed by atoms with Crippen molar-refractivity contribution >= 4 is 29.6 Å². The average Bonchev–Trinajstić information content (AvgIpc) is 3.74. The van der Waals surface area contributed by atoms with Crippen molar-refractivity contribution in [1.29, 1.82) is 5.26 Å². The molecule has 2 fully saturated rings. The van der Waals surface area contributed by atoms with Crippen LogP contribution in [-0.4, -0.2) is 79.4 Å². The zero-order valence-electron chi connectivity index (χ0n) is 24.5. The Morgan fingerprint density at radius 3 is 2.47 bits per heavy atom.